The summed E-state index contributed by atoms with van der Waals surface area (Å²) in [5.74, 6) is 0.699. The zero-order valence-electron chi connectivity index (χ0n) is 14.7. The molecule has 0 saturated carbocycles. The van der Waals surface area contributed by atoms with Crippen LogP contribution < -0.4 is 5.32 Å². The van der Waals surface area contributed by atoms with Crippen LogP contribution in [0, 0.1) is 0 Å². The first-order valence-electron chi connectivity index (χ1n) is 8.51. The van der Waals surface area contributed by atoms with Gasteiger partial charge in [0.1, 0.15) is 12.0 Å². The van der Waals surface area contributed by atoms with Crippen molar-refractivity contribution in [2.45, 2.75) is 19.2 Å². The Labute approximate surface area is 157 Å². The Bertz CT molecular complexity index is 795. The lowest BCUT2D eigenvalue weighted by molar-refractivity contribution is 0.259. The number of sulfonamides is 1. The third kappa shape index (κ3) is 4.83. The van der Waals surface area contributed by atoms with E-state index < -0.39 is 10.0 Å². The summed E-state index contributed by atoms with van der Waals surface area (Å²) in [5, 5.41) is 9.03. The molecular weight excluding hydrogens is 374 g/mol. The number of thiophene rings is 1. The summed E-state index contributed by atoms with van der Waals surface area (Å²) in [6.07, 6.45) is 1.38. The van der Waals surface area contributed by atoms with Gasteiger partial charge in [0.25, 0.3) is 0 Å². The molecule has 0 aliphatic carbocycles. The monoisotopic (exact) mass is 397 g/mol. The normalized spacial score (nSPS) is 16.8. The minimum atomic E-state index is -3.39. The topological polar surface area (TPSA) is 91.0 Å². The first-order valence-corrected chi connectivity index (χ1v) is 11.0. The van der Waals surface area contributed by atoms with Crippen molar-refractivity contribution in [1.82, 2.24) is 19.7 Å². The van der Waals surface area contributed by atoms with E-state index in [0.29, 0.717) is 38.4 Å². The first kappa shape index (κ1) is 18.9. The minimum Gasteiger partial charge on any atom is -0.364 e. The highest BCUT2D eigenvalue weighted by molar-refractivity contribution is 7.88. The zero-order valence-corrected chi connectivity index (χ0v) is 16.3. The van der Waals surface area contributed by atoms with E-state index in [4.69, 9.17) is 4.52 Å². The van der Waals surface area contributed by atoms with Gasteiger partial charge < -0.3 is 14.7 Å². The maximum Gasteiger partial charge on any atom is 0.220 e. The van der Waals surface area contributed by atoms with Crippen LogP contribution in [0.4, 0.5) is 0 Å². The Morgan fingerprint density at radius 2 is 2.15 bits per heavy atom. The second-order valence-electron chi connectivity index (χ2n) is 5.88. The maximum atomic E-state index is 12.5. The number of rotatable bonds is 6. The number of nitrogens with zero attached hydrogens (tertiary/aromatic N) is 4. The number of guanidine groups is 1. The van der Waals surface area contributed by atoms with Gasteiger partial charge in [0.15, 0.2) is 5.96 Å². The fourth-order valence-electron chi connectivity index (χ4n) is 2.75. The SMILES string of the molecule is CCNC(=NCc1cccs1)N1CCN(S(=O)(=O)Cc2ccon2)CC1. The molecule has 0 atom stereocenters. The van der Waals surface area contributed by atoms with Crippen molar-refractivity contribution < 1.29 is 12.9 Å². The van der Waals surface area contributed by atoms with Crippen LogP contribution in [-0.4, -0.2) is 61.5 Å². The molecule has 142 valence electrons. The Hall–Kier alpha value is -1.91. The fourth-order valence-corrected chi connectivity index (χ4v) is 4.80. The molecule has 2 aromatic rings. The van der Waals surface area contributed by atoms with Crippen LogP contribution in [0.3, 0.4) is 0 Å². The Morgan fingerprint density at radius 1 is 1.35 bits per heavy atom. The molecule has 8 nitrogen and oxygen atoms in total. The summed E-state index contributed by atoms with van der Waals surface area (Å²) in [5.41, 5.74) is 0.429. The second-order valence-corrected chi connectivity index (χ2v) is 8.88. The molecule has 1 aliphatic rings. The van der Waals surface area contributed by atoms with Gasteiger partial charge in [0.2, 0.25) is 10.0 Å². The van der Waals surface area contributed by atoms with Gasteiger partial charge in [-0.2, -0.15) is 4.31 Å². The molecule has 0 amide bonds. The van der Waals surface area contributed by atoms with Gasteiger partial charge in [-0.1, -0.05) is 11.2 Å². The molecule has 1 saturated heterocycles. The smallest absolute Gasteiger partial charge is 0.220 e. The number of hydrogen-bond donors (Lipinski definition) is 1. The predicted octanol–water partition coefficient (Wildman–Crippen LogP) is 1.35. The van der Waals surface area contributed by atoms with Crippen molar-refractivity contribution in [3.05, 3.63) is 40.4 Å². The third-order valence-electron chi connectivity index (χ3n) is 4.05. The lowest BCUT2D eigenvalue weighted by Gasteiger charge is -2.35. The lowest BCUT2D eigenvalue weighted by Crippen LogP contribution is -2.53. The quantitative estimate of drug-likeness (QED) is 0.584. The zero-order chi connectivity index (χ0) is 18.4. The molecule has 0 radical (unpaired) electrons. The van der Waals surface area contributed by atoms with Gasteiger partial charge in [-0.25, -0.2) is 13.4 Å². The molecule has 0 unspecified atom stereocenters. The standard InChI is InChI=1S/C16H23N5O3S2/c1-2-17-16(18-12-15-4-3-11-25-15)20-6-8-21(9-7-20)26(22,23)13-14-5-10-24-19-14/h3-5,10-11H,2,6-9,12-13H2,1H3,(H,17,18). The number of aliphatic imine (C=N–C) groups is 1. The largest absolute Gasteiger partial charge is 0.364 e. The van der Waals surface area contributed by atoms with E-state index in [-0.39, 0.29) is 5.75 Å². The minimum absolute atomic E-state index is 0.129. The number of hydrogen-bond acceptors (Lipinski definition) is 6. The molecule has 10 heteroatoms. The van der Waals surface area contributed by atoms with Crippen LogP contribution in [0.2, 0.25) is 0 Å². The predicted molar refractivity (Wildman–Crippen MR) is 101 cm³/mol. The molecule has 26 heavy (non-hydrogen) atoms. The maximum absolute atomic E-state index is 12.5. The van der Waals surface area contributed by atoms with Crippen LogP contribution in [0.25, 0.3) is 0 Å². The van der Waals surface area contributed by atoms with Crippen molar-refractivity contribution in [1.29, 1.82) is 0 Å². The molecule has 3 heterocycles. The fraction of sp³-hybridized carbons (Fsp3) is 0.500. The number of piperazine rings is 1. The Kier molecular flexibility index (Phi) is 6.28. The van der Waals surface area contributed by atoms with Crippen LogP contribution in [-0.2, 0) is 22.3 Å². The van der Waals surface area contributed by atoms with E-state index in [1.807, 2.05) is 18.4 Å². The van der Waals surface area contributed by atoms with Gasteiger partial charge in [-0.15, -0.1) is 11.3 Å². The average Bonchev–Trinajstić information content (AvgIpc) is 3.32. The van der Waals surface area contributed by atoms with Crippen LogP contribution in [0.5, 0.6) is 0 Å². The summed E-state index contributed by atoms with van der Waals surface area (Å²) in [6, 6.07) is 5.65. The van der Waals surface area contributed by atoms with Gasteiger partial charge in [-0.3, -0.25) is 0 Å². The third-order valence-corrected chi connectivity index (χ3v) is 6.73. The number of aromatic nitrogens is 1. The molecule has 0 bridgehead atoms. The van der Waals surface area contributed by atoms with E-state index in [0.717, 1.165) is 12.5 Å². The molecule has 1 fully saturated rings. The highest BCUT2D eigenvalue weighted by Gasteiger charge is 2.28. The highest BCUT2D eigenvalue weighted by atomic mass is 32.2. The van der Waals surface area contributed by atoms with E-state index in [9.17, 15) is 8.42 Å². The molecule has 0 aromatic carbocycles. The van der Waals surface area contributed by atoms with Gasteiger partial charge >= 0.3 is 0 Å². The van der Waals surface area contributed by atoms with Crippen molar-refractivity contribution >= 4 is 27.3 Å². The van der Waals surface area contributed by atoms with Crippen LogP contribution in [0.1, 0.15) is 17.5 Å². The van der Waals surface area contributed by atoms with Gasteiger partial charge in [-0.05, 0) is 18.4 Å². The highest BCUT2D eigenvalue weighted by Crippen LogP contribution is 2.14. The van der Waals surface area contributed by atoms with E-state index in [2.05, 4.69) is 26.4 Å². The molecule has 1 aliphatic heterocycles. The lowest BCUT2D eigenvalue weighted by atomic mass is 10.4. The van der Waals surface area contributed by atoms with E-state index >= 15 is 0 Å². The summed E-state index contributed by atoms with van der Waals surface area (Å²) in [4.78, 5) is 7.99. The second kappa shape index (κ2) is 8.65. The van der Waals surface area contributed by atoms with Crippen molar-refractivity contribution in [2.75, 3.05) is 32.7 Å². The van der Waals surface area contributed by atoms with Crippen molar-refractivity contribution in [3.63, 3.8) is 0 Å². The molecule has 3 rings (SSSR count). The first-order chi connectivity index (χ1) is 12.6. The van der Waals surface area contributed by atoms with Crippen LogP contribution >= 0.6 is 11.3 Å². The Balaban J connectivity index is 1.59. The summed E-state index contributed by atoms with van der Waals surface area (Å²) in [6.45, 7) is 5.51. The van der Waals surface area contributed by atoms with Crippen molar-refractivity contribution in [2.24, 2.45) is 4.99 Å². The average molecular weight is 398 g/mol. The van der Waals surface area contributed by atoms with E-state index in [1.54, 1.807) is 17.4 Å². The van der Waals surface area contributed by atoms with E-state index in [1.165, 1.54) is 15.4 Å². The molecule has 2 aromatic heterocycles. The molecule has 1 N–H and O–H groups in total. The number of nitrogens with one attached hydrogen (secondary N) is 1. The Morgan fingerprint density at radius 3 is 2.77 bits per heavy atom. The summed E-state index contributed by atoms with van der Waals surface area (Å²) in [7, 11) is -3.39. The van der Waals surface area contributed by atoms with Crippen molar-refractivity contribution in [3.8, 4) is 0 Å². The van der Waals surface area contributed by atoms with Gasteiger partial charge in [0, 0.05) is 43.7 Å². The van der Waals surface area contributed by atoms with Crippen LogP contribution in [0.15, 0.2) is 39.4 Å². The summed E-state index contributed by atoms with van der Waals surface area (Å²) >= 11 is 1.68. The molecular formula is C16H23N5O3S2. The molecule has 0 spiro atoms. The summed E-state index contributed by atoms with van der Waals surface area (Å²) < 4.78 is 31.3. The van der Waals surface area contributed by atoms with Gasteiger partial charge in [0.05, 0.1) is 12.2 Å².